The minimum atomic E-state index is -0.282. The minimum Gasteiger partial charge on any atom is -0.394 e. The van der Waals surface area contributed by atoms with Crippen molar-refractivity contribution in [1.82, 2.24) is 9.88 Å². The quantitative estimate of drug-likeness (QED) is 0.857. The Balaban J connectivity index is 2.04. The fourth-order valence-electron chi connectivity index (χ4n) is 2.36. The molecule has 2 aromatic rings. The number of aromatic nitrogens is 1. The van der Waals surface area contributed by atoms with Crippen LogP contribution in [0.5, 0.6) is 0 Å². The van der Waals surface area contributed by atoms with Crippen molar-refractivity contribution in [2.75, 3.05) is 6.61 Å². The molecule has 1 atom stereocenters. The Hall–Kier alpha value is -2.07. The maximum atomic E-state index is 12.3. The van der Waals surface area contributed by atoms with Gasteiger partial charge < -0.3 is 15.0 Å². The highest BCUT2D eigenvalue weighted by Gasteiger charge is 2.17. The topological polar surface area (TPSA) is 54.3 Å². The van der Waals surface area contributed by atoms with E-state index in [0.29, 0.717) is 12.1 Å². The largest absolute Gasteiger partial charge is 0.394 e. The summed E-state index contributed by atoms with van der Waals surface area (Å²) in [4.78, 5) is 12.3. The van der Waals surface area contributed by atoms with Crippen molar-refractivity contribution in [2.45, 2.75) is 32.4 Å². The third-order valence-electron chi connectivity index (χ3n) is 3.45. The van der Waals surface area contributed by atoms with Crippen molar-refractivity contribution < 1.29 is 9.90 Å². The van der Waals surface area contributed by atoms with Gasteiger partial charge in [0.1, 0.15) is 5.69 Å². The second kappa shape index (κ2) is 7.09. The Labute approximate surface area is 125 Å². The SMILES string of the molecule is CC(C)n1cccc1C(=O)N[C@@H](CO)Cc1ccccc1. The summed E-state index contributed by atoms with van der Waals surface area (Å²) in [5.74, 6) is -0.149. The fraction of sp³-hybridized carbons (Fsp3) is 0.353. The molecule has 4 heteroatoms. The molecule has 1 amide bonds. The van der Waals surface area contributed by atoms with Crippen molar-refractivity contribution in [3.63, 3.8) is 0 Å². The van der Waals surface area contributed by atoms with Gasteiger partial charge >= 0.3 is 0 Å². The van der Waals surface area contributed by atoms with Crippen molar-refractivity contribution in [2.24, 2.45) is 0 Å². The molecule has 0 aliphatic carbocycles. The molecule has 0 radical (unpaired) electrons. The smallest absolute Gasteiger partial charge is 0.268 e. The van der Waals surface area contributed by atoms with Crippen LogP contribution in [0.25, 0.3) is 0 Å². The molecule has 0 fully saturated rings. The van der Waals surface area contributed by atoms with Gasteiger partial charge in [-0.3, -0.25) is 4.79 Å². The van der Waals surface area contributed by atoms with E-state index in [-0.39, 0.29) is 24.6 Å². The molecule has 1 aromatic carbocycles. The van der Waals surface area contributed by atoms with Gasteiger partial charge in [0.2, 0.25) is 0 Å². The molecule has 2 N–H and O–H groups in total. The van der Waals surface area contributed by atoms with E-state index in [1.807, 2.05) is 61.0 Å². The van der Waals surface area contributed by atoms with E-state index < -0.39 is 0 Å². The molecule has 1 heterocycles. The average Bonchev–Trinajstić information content (AvgIpc) is 2.97. The molecule has 0 bridgehead atoms. The van der Waals surface area contributed by atoms with Gasteiger partial charge in [0, 0.05) is 12.2 Å². The standard InChI is InChI=1S/C17H22N2O2/c1-13(2)19-10-6-9-16(19)17(21)18-15(12-20)11-14-7-4-3-5-8-14/h3-10,13,15,20H,11-12H2,1-2H3,(H,18,21)/t15-/m1/s1. The number of aliphatic hydroxyl groups is 1. The first-order chi connectivity index (χ1) is 10.1. The van der Waals surface area contributed by atoms with Crippen LogP contribution in [0.1, 0.15) is 35.9 Å². The number of benzene rings is 1. The number of nitrogens with zero attached hydrogens (tertiary/aromatic N) is 1. The fourth-order valence-corrected chi connectivity index (χ4v) is 2.36. The number of carbonyl (C=O) groups is 1. The summed E-state index contributed by atoms with van der Waals surface area (Å²) in [6.45, 7) is 3.98. The number of hydrogen-bond acceptors (Lipinski definition) is 2. The summed E-state index contributed by atoms with van der Waals surface area (Å²) in [5, 5.41) is 12.4. The third kappa shape index (κ3) is 3.95. The lowest BCUT2D eigenvalue weighted by atomic mass is 10.1. The normalized spacial score (nSPS) is 12.4. The van der Waals surface area contributed by atoms with Gasteiger partial charge in [-0.15, -0.1) is 0 Å². The molecule has 0 saturated heterocycles. The number of carbonyl (C=O) groups excluding carboxylic acids is 1. The third-order valence-corrected chi connectivity index (χ3v) is 3.45. The van der Waals surface area contributed by atoms with Crippen LogP contribution in [0, 0.1) is 0 Å². The second-order valence-corrected chi connectivity index (χ2v) is 5.44. The lowest BCUT2D eigenvalue weighted by molar-refractivity contribution is 0.0905. The van der Waals surface area contributed by atoms with E-state index in [4.69, 9.17) is 0 Å². The van der Waals surface area contributed by atoms with E-state index >= 15 is 0 Å². The van der Waals surface area contributed by atoms with Crippen LogP contribution in [0.2, 0.25) is 0 Å². The number of hydrogen-bond donors (Lipinski definition) is 2. The van der Waals surface area contributed by atoms with Gasteiger partial charge in [-0.1, -0.05) is 30.3 Å². The number of nitrogens with one attached hydrogen (secondary N) is 1. The molecule has 0 spiro atoms. The summed E-state index contributed by atoms with van der Waals surface area (Å²) >= 11 is 0. The van der Waals surface area contributed by atoms with Crippen LogP contribution in [0.15, 0.2) is 48.7 Å². The molecule has 0 aliphatic rings. The summed E-state index contributed by atoms with van der Waals surface area (Å²) in [6, 6.07) is 13.4. The van der Waals surface area contributed by atoms with Gasteiger partial charge in [-0.05, 0) is 38.0 Å². The van der Waals surface area contributed by atoms with E-state index in [1.54, 1.807) is 6.07 Å². The zero-order chi connectivity index (χ0) is 15.2. The van der Waals surface area contributed by atoms with Crippen LogP contribution >= 0.6 is 0 Å². The first kappa shape index (κ1) is 15.3. The Bertz CT molecular complexity index is 575. The molecule has 0 unspecified atom stereocenters. The summed E-state index contributed by atoms with van der Waals surface area (Å²) in [6.07, 6.45) is 2.51. The monoisotopic (exact) mass is 286 g/mol. The summed E-state index contributed by atoms with van der Waals surface area (Å²) < 4.78 is 1.92. The van der Waals surface area contributed by atoms with Gasteiger partial charge in [-0.25, -0.2) is 0 Å². The number of amides is 1. The van der Waals surface area contributed by atoms with E-state index in [1.165, 1.54) is 0 Å². The van der Waals surface area contributed by atoms with Crippen molar-refractivity contribution in [3.8, 4) is 0 Å². The molecule has 112 valence electrons. The Kier molecular flexibility index (Phi) is 5.17. The lowest BCUT2D eigenvalue weighted by Gasteiger charge is -2.18. The highest BCUT2D eigenvalue weighted by atomic mass is 16.3. The van der Waals surface area contributed by atoms with E-state index in [2.05, 4.69) is 5.32 Å². The van der Waals surface area contributed by atoms with Gasteiger partial charge in [0.15, 0.2) is 0 Å². The molecule has 4 nitrogen and oxygen atoms in total. The van der Waals surface area contributed by atoms with Crippen LogP contribution in [0.3, 0.4) is 0 Å². The second-order valence-electron chi connectivity index (χ2n) is 5.44. The molecule has 1 aromatic heterocycles. The molecular formula is C17H22N2O2. The van der Waals surface area contributed by atoms with Crippen molar-refractivity contribution >= 4 is 5.91 Å². The Morgan fingerprint density at radius 1 is 1.19 bits per heavy atom. The zero-order valence-electron chi connectivity index (χ0n) is 12.5. The average molecular weight is 286 g/mol. The van der Waals surface area contributed by atoms with Crippen LogP contribution in [-0.4, -0.2) is 28.2 Å². The maximum absolute atomic E-state index is 12.3. The van der Waals surface area contributed by atoms with Crippen molar-refractivity contribution in [1.29, 1.82) is 0 Å². The predicted octanol–water partition coefficient (Wildman–Crippen LogP) is 2.40. The van der Waals surface area contributed by atoms with Crippen LogP contribution < -0.4 is 5.32 Å². The Morgan fingerprint density at radius 3 is 2.52 bits per heavy atom. The lowest BCUT2D eigenvalue weighted by Crippen LogP contribution is -2.40. The Morgan fingerprint density at radius 2 is 1.90 bits per heavy atom. The molecular weight excluding hydrogens is 264 g/mol. The van der Waals surface area contributed by atoms with Gasteiger partial charge in [0.25, 0.3) is 5.91 Å². The summed E-state index contributed by atoms with van der Waals surface area (Å²) in [5.41, 5.74) is 1.72. The first-order valence-electron chi connectivity index (χ1n) is 7.24. The molecule has 2 rings (SSSR count). The highest BCUT2D eigenvalue weighted by Crippen LogP contribution is 2.11. The van der Waals surface area contributed by atoms with Gasteiger partial charge in [0.05, 0.1) is 12.6 Å². The van der Waals surface area contributed by atoms with Crippen molar-refractivity contribution in [3.05, 3.63) is 59.9 Å². The molecule has 0 saturated carbocycles. The van der Waals surface area contributed by atoms with E-state index in [0.717, 1.165) is 5.56 Å². The first-order valence-corrected chi connectivity index (χ1v) is 7.24. The van der Waals surface area contributed by atoms with Gasteiger partial charge in [-0.2, -0.15) is 0 Å². The van der Waals surface area contributed by atoms with Crippen LogP contribution in [-0.2, 0) is 6.42 Å². The zero-order valence-corrected chi connectivity index (χ0v) is 12.5. The molecule has 21 heavy (non-hydrogen) atoms. The maximum Gasteiger partial charge on any atom is 0.268 e. The predicted molar refractivity (Wildman–Crippen MR) is 83.3 cm³/mol. The summed E-state index contributed by atoms with van der Waals surface area (Å²) in [7, 11) is 0. The van der Waals surface area contributed by atoms with Crippen LogP contribution in [0.4, 0.5) is 0 Å². The molecule has 0 aliphatic heterocycles. The minimum absolute atomic E-state index is 0.0803. The number of aliphatic hydroxyl groups excluding tert-OH is 1. The number of rotatable bonds is 6. The van der Waals surface area contributed by atoms with E-state index in [9.17, 15) is 9.90 Å². The highest BCUT2D eigenvalue weighted by molar-refractivity contribution is 5.93.